The van der Waals surface area contributed by atoms with E-state index in [0.29, 0.717) is 13.1 Å². The van der Waals surface area contributed by atoms with Crippen LogP contribution in [-0.4, -0.2) is 38.8 Å². The number of hydrogen-bond donors (Lipinski definition) is 0. The molecule has 1 fully saturated rings. The van der Waals surface area contributed by atoms with Crippen LogP contribution in [0.25, 0.3) is 0 Å². The van der Waals surface area contributed by atoms with Crippen molar-refractivity contribution < 1.29 is 9.22 Å². The van der Waals surface area contributed by atoms with Gasteiger partial charge in [0.05, 0.1) is 6.07 Å². The van der Waals surface area contributed by atoms with Gasteiger partial charge in [-0.15, -0.1) is 0 Å². The second-order valence-electron chi connectivity index (χ2n) is 8.74. The van der Waals surface area contributed by atoms with Crippen LogP contribution >= 0.6 is 0 Å². The van der Waals surface area contributed by atoms with Crippen LogP contribution in [0.2, 0.25) is 5.04 Å². The predicted molar refractivity (Wildman–Crippen MR) is 118 cm³/mol. The van der Waals surface area contributed by atoms with Gasteiger partial charge in [-0.3, -0.25) is 4.79 Å². The first kappa shape index (κ1) is 21.3. The standard InChI is InChI=1S/C24H30N2O2Si/c1-24(2,3)29(21-10-6-4-7-11-21,22-12-8-5-9-13-22)28-19-23(27)26-16-14-20(18-25)15-17-26/h4-13,20H,14-17,19H2,1-3H3. The third-order valence-corrected chi connectivity index (χ3v) is 10.8. The molecule has 1 heterocycles. The fourth-order valence-electron chi connectivity index (χ4n) is 4.28. The Labute approximate surface area is 175 Å². The topological polar surface area (TPSA) is 53.3 Å². The molecular formula is C24H30N2O2Si. The van der Waals surface area contributed by atoms with Gasteiger partial charge in [0.2, 0.25) is 5.91 Å². The average molecular weight is 407 g/mol. The molecule has 0 aromatic heterocycles. The third kappa shape index (κ3) is 4.44. The molecule has 1 saturated heterocycles. The number of nitrogens with zero attached hydrogens (tertiary/aromatic N) is 2. The highest BCUT2D eigenvalue weighted by Gasteiger charge is 2.50. The monoisotopic (exact) mass is 406 g/mol. The molecule has 0 N–H and O–H groups in total. The molecular weight excluding hydrogens is 376 g/mol. The molecule has 0 unspecified atom stereocenters. The van der Waals surface area contributed by atoms with Gasteiger partial charge in [0.25, 0.3) is 8.32 Å². The van der Waals surface area contributed by atoms with Crippen molar-refractivity contribution in [1.82, 2.24) is 4.90 Å². The number of likely N-dealkylation sites (tertiary alicyclic amines) is 1. The molecule has 1 amide bonds. The van der Waals surface area contributed by atoms with Crippen LogP contribution in [0.3, 0.4) is 0 Å². The van der Waals surface area contributed by atoms with E-state index in [9.17, 15) is 4.79 Å². The minimum absolute atomic E-state index is 0.0226. The Bertz CT molecular complexity index is 808. The van der Waals surface area contributed by atoms with E-state index in [1.54, 1.807) is 0 Å². The van der Waals surface area contributed by atoms with Crippen molar-refractivity contribution in [3.63, 3.8) is 0 Å². The van der Waals surface area contributed by atoms with Gasteiger partial charge in [0, 0.05) is 19.0 Å². The molecule has 4 nitrogen and oxygen atoms in total. The number of nitriles is 1. The zero-order valence-corrected chi connectivity index (χ0v) is 18.6. The summed E-state index contributed by atoms with van der Waals surface area (Å²) in [6, 6.07) is 23.1. The van der Waals surface area contributed by atoms with Crippen LogP contribution < -0.4 is 10.4 Å². The van der Waals surface area contributed by atoms with Crippen molar-refractivity contribution in [2.24, 2.45) is 5.92 Å². The van der Waals surface area contributed by atoms with Gasteiger partial charge in [-0.2, -0.15) is 5.26 Å². The average Bonchev–Trinajstić information content (AvgIpc) is 2.74. The van der Waals surface area contributed by atoms with E-state index in [0.717, 1.165) is 12.8 Å². The number of hydrogen-bond acceptors (Lipinski definition) is 3. The summed E-state index contributed by atoms with van der Waals surface area (Å²) in [5, 5.41) is 11.3. The van der Waals surface area contributed by atoms with Gasteiger partial charge in [-0.05, 0) is 28.3 Å². The van der Waals surface area contributed by atoms with E-state index >= 15 is 0 Å². The molecule has 5 heteroatoms. The molecule has 0 atom stereocenters. The summed E-state index contributed by atoms with van der Waals surface area (Å²) in [6.07, 6.45) is 1.50. The summed E-state index contributed by atoms with van der Waals surface area (Å²) in [6.45, 7) is 7.99. The lowest BCUT2D eigenvalue weighted by atomic mass is 9.99. The minimum atomic E-state index is -2.70. The molecule has 0 saturated carbocycles. The second-order valence-corrected chi connectivity index (χ2v) is 13.0. The maximum atomic E-state index is 13.0. The number of benzene rings is 2. The molecule has 2 aromatic carbocycles. The Morgan fingerprint density at radius 3 is 1.93 bits per heavy atom. The van der Waals surface area contributed by atoms with E-state index in [-0.39, 0.29) is 23.5 Å². The van der Waals surface area contributed by atoms with E-state index in [1.807, 2.05) is 41.3 Å². The molecule has 0 radical (unpaired) electrons. The fraction of sp³-hybridized carbons (Fsp3) is 0.417. The summed E-state index contributed by atoms with van der Waals surface area (Å²) in [4.78, 5) is 14.8. The van der Waals surface area contributed by atoms with Gasteiger partial charge < -0.3 is 9.33 Å². The van der Waals surface area contributed by atoms with Gasteiger partial charge in [-0.1, -0.05) is 81.4 Å². The largest absolute Gasteiger partial charge is 0.398 e. The van der Waals surface area contributed by atoms with Crippen molar-refractivity contribution in [1.29, 1.82) is 5.26 Å². The van der Waals surface area contributed by atoms with Crippen LogP contribution in [0.1, 0.15) is 33.6 Å². The van der Waals surface area contributed by atoms with Gasteiger partial charge in [0.1, 0.15) is 6.61 Å². The SMILES string of the molecule is CC(C)(C)[Si](OCC(=O)N1CCC(C#N)CC1)(c1ccccc1)c1ccccc1. The molecule has 0 spiro atoms. The molecule has 1 aliphatic rings. The molecule has 2 aromatic rings. The molecule has 1 aliphatic heterocycles. The number of carbonyl (C=O) groups is 1. The first-order valence-corrected chi connectivity index (χ1v) is 12.2. The van der Waals surface area contributed by atoms with Crippen molar-refractivity contribution in [2.45, 2.75) is 38.7 Å². The fourth-order valence-corrected chi connectivity index (χ4v) is 8.78. The number of amides is 1. The van der Waals surface area contributed by atoms with Crippen LogP contribution in [0.4, 0.5) is 0 Å². The number of rotatable bonds is 5. The molecule has 152 valence electrons. The Balaban J connectivity index is 1.90. The van der Waals surface area contributed by atoms with Crippen LogP contribution in [0, 0.1) is 17.2 Å². The summed E-state index contributed by atoms with van der Waals surface area (Å²) in [5.41, 5.74) is 0. The zero-order valence-electron chi connectivity index (χ0n) is 17.6. The smallest absolute Gasteiger partial charge is 0.261 e. The number of carbonyl (C=O) groups excluding carboxylic acids is 1. The Morgan fingerprint density at radius 2 is 1.52 bits per heavy atom. The van der Waals surface area contributed by atoms with Crippen LogP contribution in [-0.2, 0) is 9.22 Å². The molecule has 0 aliphatic carbocycles. The Kier molecular flexibility index (Phi) is 6.56. The van der Waals surface area contributed by atoms with Gasteiger partial charge in [-0.25, -0.2) is 0 Å². The first-order chi connectivity index (χ1) is 13.9. The van der Waals surface area contributed by atoms with Gasteiger partial charge in [0.15, 0.2) is 0 Å². The van der Waals surface area contributed by atoms with E-state index in [2.05, 4.69) is 51.1 Å². The summed E-state index contributed by atoms with van der Waals surface area (Å²) >= 11 is 0. The second kappa shape index (κ2) is 8.94. The van der Waals surface area contributed by atoms with Crippen LogP contribution in [0.5, 0.6) is 0 Å². The lowest BCUT2D eigenvalue weighted by Gasteiger charge is -2.43. The predicted octanol–water partition coefficient (Wildman–Crippen LogP) is 3.33. The Morgan fingerprint density at radius 1 is 1.03 bits per heavy atom. The molecule has 3 rings (SSSR count). The van der Waals surface area contributed by atoms with Crippen molar-refractivity contribution in [2.75, 3.05) is 19.7 Å². The molecule has 29 heavy (non-hydrogen) atoms. The third-order valence-electron chi connectivity index (χ3n) is 5.86. The quantitative estimate of drug-likeness (QED) is 0.716. The van der Waals surface area contributed by atoms with E-state index in [1.165, 1.54) is 10.4 Å². The Hall–Kier alpha value is -2.42. The van der Waals surface area contributed by atoms with E-state index < -0.39 is 8.32 Å². The maximum Gasteiger partial charge on any atom is 0.261 e. The highest BCUT2D eigenvalue weighted by molar-refractivity contribution is 6.99. The lowest BCUT2D eigenvalue weighted by molar-refractivity contribution is -0.134. The highest BCUT2D eigenvalue weighted by atomic mass is 28.4. The van der Waals surface area contributed by atoms with Crippen molar-refractivity contribution in [3.8, 4) is 6.07 Å². The van der Waals surface area contributed by atoms with E-state index in [4.69, 9.17) is 9.69 Å². The summed E-state index contributed by atoms with van der Waals surface area (Å²) in [5.74, 6) is 0.0889. The van der Waals surface area contributed by atoms with Gasteiger partial charge >= 0.3 is 0 Å². The normalized spacial score (nSPS) is 15.7. The number of piperidine rings is 1. The lowest BCUT2D eigenvalue weighted by Crippen LogP contribution is -2.67. The first-order valence-electron chi connectivity index (χ1n) is 10.3. The van der Waals surface area contributed by atoms with Crippen molar-refractivity contribution >= 4 is 24.6 Å². The minimum Gasteiger partial charge on any atom is -0.398 e. The highest BCUT2D eigenvalue weighted by Crippen LogP contribution is 2.36. The maximum absolute atomic E-state index is 13.0. The zero-order chi connectivity index (χ0) is 20.9. The van der Waals surface area contributed by atoms with Crippen LogP contribution in [0.15, 0.2) is 60.7 Å². The van der Waals surface area contributed by atoms with Crippen molar-refractivity contribution in [3.05, 3.63) is 60.7 Å². The summed E-state index contributed by atoms with van der Waals surface area (Å²) < 4.78 is 6.72. The molecule has 0 bridgehead atoms. The summed E-state index contributed by atoms with van der Waals surface area (Å²) in [7, 11) is -2.70.